The molecule has 3 N–H and O–H groups in total. The molecule has 1 aromatic rings. The van der Waals surface area contributed by atoms with Crippen molar-refractivity contribution in [2.24, 2.45) is 17.6 Å². The summed E-state index contributed by atoms with van der Waals surface area (Å²) in [6, 6.07) is 10.4. The maximum atomic E-state index is 11.5. The number of piperidine rings is 1. The minimum absolute atomic E-state index is 0.0416. The first-order valence-electron chi connectivity index (χ1n) is 13.3. The summed E-state index contributed by atoms with van der Waals surface area (Å²) >= 11 is 0. The Hall–Kier alpha value is -2.16. The Morgan fingerprint density at radius 1 is 1.20 bits per heavy atom. The van der Waals surface area contributed by atoms with Gasteiger partial charge < -0.3 is 25.4 Å². The highest BCUT2D eigenvalue weighted by Gasteiger charge is 2.31. The average molecular weight is 489 g/mol. The zero-order chi connectivity index (χ0) is 24.9. The maximum absolute atomic E-state index is 11.5. The molecular weight excluding hydrogens is 444 g/mol. The predicted molar refractivity (Wildman–Crippen MR) is 138 cm³/mol. The summed E-state index contributed by atoms with van der Waals surface area (Å²) in [5.41, 5.74) is 7.28. The molecule has 0 aromatic heterocycles. The summed E-state index contributed by atoms with van der Waals surface area (Å²) in [7, 11) is 1.70. The number of methoxy groups -OCH3 is 1. The lowest BCUT2D eigenvalue weighted by Crippen LogP contribution is -2.46. The van der Waals surface area contributed by atoms with E-state index in [-0.39, 0.29) is 23.0 Å². The number of hydrogen-bond donors (Lipinski definition) is 2. The van der Waals surface area contributed by atoms with Gasteiger partial charge in [0.15, 0.2) is 5.82 Å². The molecule has 196 valence electrons. The maximum Gasteiger partial charge on any atom is 0.274 e. The van der Waals surface area contributed by atoms with Crippen molar-refractivity contribution in [2.75, 3.05) is 40.0 Å². The molecule has 3 rings (SSSR count). The number of nitrogens with zero attached hydrogens (tertiary/aromatic N) is 2. The molecule has 8 nitrogen and oxygen atoms in total. The van der Waals surface area contributed by atoms with Crippen LogP contribution >= 0.6 is 0 Å². The fraction of sp³-hybridized carbons (Fsp3) is 0.704. The predicted octanol–water partition coefficient (Wildman–Crippen LogP) is 4.46. The van der Waals surface area contributed by atoms with Crippen molar-refractivity contribution in [3.05, 3.63) is 58.0 Å². The van der Waals surface area contributed by atoms with E-state index in [0.717, 1.165) is 44.0 Å². The Morgan fingerprint density at radius 2 is 1.97 bits per heavy atom. The van der Waals surface area contributed by atoms with E-state index in [2.05, 4.69) is 22.3 Å². The van der Waals surface area contributed by atoms with Crippen LogP contribution in [0.4, 0.5) is 0 Å². The van der Waals surface area contributed by atoms with E-state index >= 15 is 0 Å². The lowest BCUT2D eigenvalue weighted by molar-refractivity contribution is -0.404. The monoisotopic (exact) mass is 488 g/mol. The molecule has 1 aromatic carbocycles. The summed E-state index contributed by atoms with van der Waals surface area (Å²) < 4.78 is 11.6. The molecule has 1 aliphatic carbocycles. The van der Waals surface area contributed by atoms with Crippen molar-refractivity contribution < 1.29 is 14.4 Å². The number of nitro groups is 1. The van der Waals surface area contributed by atoms with Gasteiger partial charge in [-0.1, -0.05) is 62.4 Å². The minimum Gasteiger partial charge on any atom is -0.385 e. The Balaban J connectivity index is 1.70. The first-order chi connectivity index (χ1) is 17.1. The van der Waals surface area contributed by atoms with Crippen LogP contribution < -0.4 is 11.1 Å². The second kappa shape index (κ2) is 15.1. The van der Waals surface area contributed by atoms with Crippen molar-refractivity contribution in [1.29, 1.82) is 0 Å². The fourth-order valence-corrected chi connectivity index (χ4v) is 5.60. The number of nitrogens with one attached hydrogen (secondary N) is 1. The molecule has 1 heterocycles. The summed E-state index contributed by atoms with van der Waals surface area (Å²) in [4.78, 5) is 13.3. The first kappa shape index (κ1) is 27.4. The molecule has 0 radical (unpaired) electrons. The minimum atomic E-state index is -0.351. The second-order valence-corrected chi connectivity index (χ2v) is 10.0. The van der Waals surface area contributed by atoms with Crippen LogP contribution in [0.3, 0.4) is 0 Å². The normalized spacial score (nSPS) is 21.5. The third-order valence-corrected chi connectivity index (χ3v) is 7.35. The molecule has 0 amide bonds. The molecule has 0 unspecified atom stereocenters. The van der Waals surface area contributed by atoms with Gasteiger partial charge in [0.25, 0.3) is 6.20 Å². The molecule has 35 heavy (non-hydrogen) atoms. The summed E-state index contributed by atoms with van der Waals surface area (Å²) in [5.74, 6) is 1.47. The van der Waals surface area contributed by atoms with E-state index in [9.17, 15) is 10.1 Å². The average Bonchev–Trinajstić information content (AvgIpc) is 2.89. The highest BCUT2D eigenvalue weighted by Crippen LogP contribution is 2.34. The highest BCUT2D eigenvalue weighted by molar-refractivity contribution is 5.19. The SMILES string of the molecule is COCCCO[C@@H](c1ccccc1)[C@@H]1CCCN(C(=C[N+](=O)[O-])N[C@H](CN)CC2CCCCC2)C1. The van der Waals surface area contributed by atoms with Crippen LogP contribution in [0.1, 0.15) is 69.5 Å². The van der Waals surface area contributed by atoms with Gasteiger partial charge in [0.05, 0.1) is 11.0 Å². The van der Waals surface area contributed by atoms with Crippen LogP contribution in [0, 0.1) is 22.0 Å². The van der Waals surface area contributed by atoms with Crippen molar-refractivity contribution in [1.82, 2.24) is 10.2 Å². The summed E-state index contributed by atoms with van der Waals surface area (Å²) in [5, 5.41) is 15.0. The number of hydrogen-bond acceptors (Lipinski definition) is 7. The van der Waals surface area contributed by atoms with Crippen molar-refractivity contribution in [3.63, 3.8) is 0 Å². The molecule has 2 fully saturated rings. The van der Waals surface area contributed by atoms with Gasteiger partial charge in [-0.05, 0) is 37.2 Å². The van der Waals surface area contributed by atoms with Gasteiger partial charge in [-0.3, -0.25) is 10.1 Å². The number of rotatable bonds is 14. The van der Waals surface area contributed by atoms with E-state index in [1.807, 2.05) is 18.2 Å². The Labute approximate surface area is 210 Å². The molecule has 1 aliphatic heterocycles. The van der Waals surface area contributed by atoms with Crippen LogP contribution in [-0.2, 0) is 9.47 Å². The quantitative estimate of drug-likeness (QED) is 0.226. The summed E-state index contributed by atoms with van der Waals surface area (Å²) in [6.07, 6.45) is 11.2. The molecule has 2 aliphatic rings. The van der Waals surface area contributed by atoms with Crippen LogP contribution in [0.25, 0.3) is 0 Å². The highest BCUT2D eigenvalue weighted by atomic mass is 16.6. The van der Waals surface area contributed by atoms with Gasteiger partial charge >= 0.3 is 0 Å². The lowest BCUT2D eigenvalue weighted by atomic mass is 9.85. The van der Waals surface area contributed by atoms with E-state index in [0.29, 0.717) is 38.0 Å². The Kier molecular flexibility index (Phi) is 11.8. The molecule has 1 saturated heterocycles. The summed E-state index contributed by atoms with van der Waals surface area (Å²) in [6.45, 7) is 3.25. The van der Waals surface area contributed by atoms with Crippen molar-refractivity contribution in [2.45, 2.75) is 69.9 Å². The fourth-order valence-electron chi connectivity index (χ4n) is 5.60. The van der Waals surface area contributed by atoms with Gasteiger partial charge in [0.1, 0.15) is 0 Å². The van der Waals surface area contributed by atoms with Crippen molar-refractivity contribution in [3.8, 4) is 0 Å². The van der Waals surface area contributed by atoms with Gasteiger partial charge in [0.2, 0.25) is 0 Å². The molecule has 0 spiro atoms. The van der Waals surface area contributed by atoms with Crippen LogP contribution in [0.15, 0.2) is 42.4 Å². The number of benzene rings is 1. The van der Waals surface area contributed by atoms with Crippen LogP contribution in [-0.4, -0.2) is 55.8 Å². The zero-order valence-corrected chi connectivity index (χ0v) is 21.3. The van der Waals surface area contributed by atoms with Crippen LogP contribution in [0.2, 0.25) is 0 Å². The van der Waals surface area contributed by atoms with Crippen molar-refractivity contribution >= 4 is 0 Å². The third-order valence-electron chi connectivity index (χ3n) is 7.35. The molecule has 8 heteroatoms. The molecular formula is C27H44N4O4. The van der Waals surface area contributed by atoms with Gasteiger partial charge in [-0.25, -0.2) is 0 Å². The van der Waals surface area contributed by atoms with E-state index in [4.69, 9.17) is 15.2 Å². The molecule has 1 saturated carbocycles. The van der Waals surface area contributed by atoms with Gasteiger partial charge in [0, 0.05) is 51.9 Å². The second-order valence-electron chi connectivity index (χ2n) is 10.0. The topological polar surface area (TPSA) is 103 Å². The molecule has 3 atom stereocenters. The van der Waals surface area contributed by atoms with E-state index in [1.54, 1.807) is 7.11 Å². The largest absolute Gasteiger partial charge is 0.385 e. The number of ether oxygens (including phenoxy) is 2. The Bertz CT molecular complexity index is 770. The Morgan fingerprint density at radius 3 is 2.66 bits per heavy atom. The first-order valence-corrected chi connectivity index (χ1v) is 13.3. The number of nitrogens with two attached hydrogens (primary N) is 1. The van der Waals surface area contributed by atoms with E-state index in [1.165, 1.54) is 32.1 Å². The van der Waals surface area contributed by atoms with E-state index < -0.39 is 0 Å². The number of likely N-dealkylation sites (tertiary alicyclic amines) is 1. The van der Waals surface area contributed by atoms with Crippen LogP contribution in [0.5, 0.6) is 0 Å². The molecule has 0 bridgehead atoms. The zero-order valence-electron chi connectivity index (χ0n) is 21.3. The lowest BCUT2D eigenvalue weighted by Gasteiger charge is -2.39. The standard InChI is InChI=1S/C27H44N4O4/c1-34-16-9-17-35-27(23-12-6-3-7-13-23)24-14-8-15-30(20-24)26(21-31(32)33)29-25(19-28)18-22-10-4-2-5-11-22/h3,6-7,12-13,21-22,24-25,27,29H,2,4-5,8-11,14-20,28H2,1H3/t24-,25+,27+/m1/s1. The van der Waals surface area contributed by atoms with Gasteiger partial charge in [-0.15, -0.1) is 0 Å². The smallest absolute Gasteiger partial charge is 0.274 e. The third kappa shape index (κ3) is 9.09. The van der Waals surface area contributed by atoms with Gasteiger partial charge in [-0.2, -0.15) is 0 Å².